The van der Waals surface area contributed by atoms with Gasteiger partial charge in [0.25, 0.3) is 0 Å². The van der Waals surface area contributed by atoms with Crippen molar-refractivity contribution in [2.24, 2.45) is 0 Å². The van der Waals surface area contributed by atoms with E-state index in [4.69, 9.17) is 9.16 Å². The third kappa shape index (κ3) is 10.7. The van der Waals surface area contributed by atoms with Gasteiger partial charge in [-0.2, -0.15) is 0 Å². The molecule has 16 heavy (non-hydrogen) atoms. The number of ether oxygens (including phenoxy) is 1. The highest BCUT2D eigenvalue weighted by molar-refractivity contribution is 8.13. The fraction of sp³-hybridized carbons (Fsp3) is 0.909. The molecule has 0 radical (unpaired) electrons. The van der Waals surface area contributed by atoms with Crippen LogP contribution in [0.25, 0.3) is 0 Å². The lowest BCUT2D eigenvalue weighted by molar-refractivity contribution is -0.109. The summed E-state index contributed by atoms with van der Waals surface area (Å²) in [4.78, 5) is 10.9. The van der Waals surface area contributed by atoms with Gasteiger partial charge >= 0.3 is 0 Å². The molecule has 0 spiro atoms. The number of hydrogen-bond acceptors (Lipinski definition) is 4. The number of rotatable bonds is 7. The average Bonchev–Trinajstić information content (AvgIpc) is 2.07. The minimum Gasteiger partial charge on any atom is -0.412 e. The fourth-order valence-corrected chi connectivity index (χ4v) is 2.98. The highest BCUT2D eigenvalue weighted by Gasteiger charge is 2.22. The Hall–Kier alpha value is 0.157. The quantitative estimate of drug-likeness (QED) is 0.662. The first-order valence-electron chi connectivity index (χ1n) is 5.63. The van der Waals surface area contributed by atoms with Crippen LogP contribution < -0.4 is 0 Å². The average molecular weight is 264 g/mol. The highest BCUT2D eigenvalue weighted by Crippen LogP contribution is 2.14. The Labute approximate surface area is 104 Å². The van der Waals surface area contributed by atoms with Crippen LogP contribution in [0.3, 0.4) is 0 Å². The van der Waals surface area contributed by atoms with E-state index in [1.807, 2.05) is 13.8 Å². The van der Waals surface area contributed by atoms with Gasteiger partial charge in [-0.1, -0.05) is 11.8 Å². The van der Waals surface area contributed by atoms with Crippen molar-refractivity contribution in [3.05, 3.63) is 0 Å². The van der Waals surface area contributed by atoms with E-state index >= 15 is 0 Å². The second-order valence-electron chi connectivity index (χ2n) is 5.04. The van der Waals surface area contributed by atoms with Crippen LogP contribution in [0.4, 0.5) is 0 Å². The summed E-state index contributed by atoms with van der Waals surface area (Å²) in [5, 5.41) is 0.133. The Kier molecular flexibility index (Phi) is 7.55. The first-order chi connectivity index (χ1) is 7.20. The molecule has 0 N–H and O–H groups in total. The molecule has 0 heterocycles. The molecule has 0 bridgehead atoms. The lowest BCUT2D eigenvalue weighted by Gasteiger charge is -2.26. The summed E-state index contributed by atoms with van der Waals surface area (Å²) < 4.78 is 11.5. The normalized spacial score (nSPS) is 14.2. The van der Waals surface area contributed by atoms with Gasteiger partial charge in [0.05, 0.1) is 18.8 Å². The van der Waals surface area contributed by atoms with E-state index in [1.165, 1.54) is 11.8 Å². The van der Waals surface area contributed by atoms with Gasteiger partial charge in [-0.05, 0) is 33.5 Å². The summed E-state index contributed by atoms with van der Waals surface area (Å²) >= 11 is 1.31. The largest absolute Gasteiger partial charge is 0.412 e. The van der Waals surface area contributed by atoms with Crippen LogP contribution in [0.5, 0.6) is 0 Å². The van der Waals surface area contributed by atoms with Crippen LogP contribution in [-0.4, -0.2) is 38.0 Å². The summed E-state index contributed by atoms with van der Waals surface area (Å²) in [7, 11) is -1.57. The second kappa shape index (κ2) is 7.48. The van der Waals surface area contributed by atoms with Crippen molar-refractivity contribution < 1.29 is 14.0 Å². The topological polar surface area (TPSA) is 35.5 Å². The van der Waals surface area contributed by atoms with Crippen molar-refractivity contribution in [2.45, 2.75) is 52.6 Å². The van der Waals surface area contributed by atoms with Gasteiger partial charge in [0.1, 0.15) is 0 Å². The van der Waals surface area contributed by atoms with E-state index in [9.17, 15) is 4.79 Å². The molecular formula is C11H24O3SSi. The Bertz CT molecular complexity index is 214. The maximum absolute atomic E-state index is 10.9. The summed E-state index contributed by atoms with van der Waals surface area (Å²) in [6, 6.07) is 0. The molecule has 1 atom stereocenters. The number of carbonyl (C=O) groups excluding carboxylic acids is 1. The standard InChI is InChI=1S/C11H24O3SSi/c1-9(2)13-7-11(8-15-10(3)12)14-16(4,5)6/h9,11H,7-8H2,1-6H3. The van der Waals surface area contributed by atoms with Crippen molar-refractivity contribution in [2.75, 3.05) is 12.4 Å². The van der Waals surface area contributed by atoms with Gasteiger partial charge in [-0.25, -0.2) is 0 Å². The molecule has 0 aromatic heterocycles. The molecule has 1 unspecified atom stereocenters. The monoisotopic (exact) mass is 264 g/mol. The Balaban J connectivity index is 4.10. The Morgan fingerprint density at radius 2 is 1.88 bits per heavy atom. The van der Waals surface area contributed by atoms with Crippen LogP contribution >= 0.6 is 11.8 Å². The Morgan fingerprint density at radius 1 is 1.31 bits per heavy atom. The second-order valence-corrected chi connectivity index (χ2v) is 10.7. The van der Waals surface area contributed by atoms with Crippen LogP contribution in [0.2, 0.25) is 19.6 Å². The lowest BCUT2D eigenvalue weighted by Crippen LogP contribution is -2.36. The van der Waals surface area contributed by atoms with E-state index in [0.717, 1.165) is 0 Å². The van der Waals surface area contributed by atoms with Gasteiger partial charge in [-0.15, -0.1) is 0 Å². The van der Waals surface area contributed by atoms with Crippen molar-refractivity contribution in [3.8, 4) is 0 Å². The molecule has 0 aliphatic heterocycles. The molecular weight excluding hydrogens is 240 g/mol. The molecule has 3 nitrogen and oxygen atoms in total. The van der Waals surface area contributed by atoms with E-state index in [0.29, 0.717) is 12.4 Å². The molecule has 0 aliphatic rings. The molecule has 96 valence electrons. The minimum absolute atomic E-state index is 0.0305. The van der Waals surface area contributed by atoms with Gasteiger partial charge in [-0.3, -0.25) is 4.79 Å². The summed E-state index contributed by atoms with van der Waals surface area (Å²) in [6.07, 6.45) is 0.234. The van der Waals surface area contributed by atoms with E-state index < -0.39 is 8.32 Å². The first kappa shape index (κ1) is 16.2. The predicted octanol–water partition coefficient (Wildman–Crippen LogP) is 2.91. The maximum atomic E-state index is 10.9. The molecule has 0 amide bonds. The third-order valence-electron chi connectivity index (χ3n) is 1.61. The fourth-order valence-electron chi connectivity index (χ4n) is 1.13. The Morgan fingerprint density at radius 3 is 2.25 bits per heavy atom. The summed E-state index contributed by atoms with van der Waals surface area (Å²) in [6.45, 7) is 12.6. The molecule has 0 saturated heterocycles. The van der Waals surface area contributed by atoms with Crippen molar-refractivity contribution in [1.82, 2.24) is 0 Å². The van der Waals surface area contributed by atoms with Crippen molar-refractivity contribution >= 4 is 25.2 Å². The molecule has 5 heteroatoms. The van der Waals surface area contributed by atoms with Crippen molar-refractivity contribution in [3.63, 3.8) is 0 Å². The SMILES string of the molecule is CC(=O)SCC(COC(C)C)O[Si](C)(C)C. The van der Waals surface area contributed by atoms with Crippen LogP contribution in [0.15, 0.2) is 0 Å². The molecule has 0 fully saturated rings. The predicted molar refractivity (Wildman–Crippen MR) is 72.4 cm³/mol. The van der Waals surface area contributed by atoms with Crippen LogP contribution in [0, 0.1) is 0 Å². The van der Waals surface area contributed by atoms with Gasteiger partial charge in [0.15, 0.2) is 13.4 Å². The van der Waals surface area contributed by atoms with Crippen molar-refractivity contribution in [1.29, 1.82) is 0 Å². The molecule has 0 aromatic rings. The molecule has 0 saturated carbocycles. The molecule has 0 rings (SSSR count). The van der Waals surface area contributed by atoms with Gasteiger partial charge in [0, 0.05) is 12.7 Å². The summed E-state index contributed by atoms with van der Waals surface area (Å²) in [5.74, 6) is 0.687. The third-order valence-corrected chi connectivity index (χ3v) is 3.59. The number of carbonyl (C=O) groups is 1. The highest BCUT2D eigenvalue weighted by atomic mass is 32.2. The van der Waals surface area contributed by atoms with E-state index in [-0.39, 0.29) is 17.3 Å². The zero-order chi connectivity index (χ0) is 12.8. The van der Waals surface area contributed by atoms with E-state index in [1.54, 1.807) is 6.92 Å². The molecule has 0 aromatic carbocycles. The lowest BCUT2D eigenvalue weighted by atomic mass is 10.4. The van der Waals surface area contributed by atoms with Gasteiger partial charge < -0.3 is 9.16 Å². The zero-order valence-electron chi connectivity index (χ0n) is 11.2. The van der Waals surface area contributed by atoms with Crippen LogP contribution in [0.1, 0.15) is 20.8 Å². The molecule has 0 aliphatic carbocycles. The van der Waals surface area contributed by atoms with Crippen LogP contribution in [-0.2, 0) is 14.0 Å². The number of thioether (sulfide) groups is 1. The number of hydrogen-bond donors (Lipinski definition) is 0. The summed E-state index contributed by atoms with van der Waals surface area (Å²) in [5.41, 5.74) is 0. The first-order valence-corrected chi connectivity index (χ1v) is 10.0. The smallest absolute Gasteiger partial charge is 0.185 e. The maximum Gasteiger partial charge on any atom is 0.185 e. The minimum atomic E-state index is -1.57. The van der Waals surface area contributed by atoms with E-state index in [2.05, 4.69) is 19.6 Å². The van der Waals surface area contributed by atoms with Gasteiger partial charge in [0.2, 0.25) is 0 Å². The zero-order valence-corrected chi connectivity index (χ0v) is 13.0.